The van der Waals surface area contributed by atoms with Crippen molar-refractivity contribution in [3.05, 3.63) is 52.3 Å². The van der Waals surface area contributed by atoms with Crippen molar-refractivity contribution in [3.63, 3.8) is 0 Å². The number of piperazine rings is 1. The molecule has 1 saturated heterocycles. The average molecular weight is 612 g/mol. The summed E-state index contributed by atoms with van der Waals surface area (Å²) >= 11 is 1.30. The molecule has 2 amide bonds. The number of anilines is 3. The zero-order valence-corrected chi connectivity index (χ0v) is 24.9. The monoisotopic (exact) mass is 611 g/mol. The van der Waals surface area contributed by atoms with Gasteiger partial charge in [0.05, 0.1) is 17.6 Å². The number of carbonyl (C=O) groups excluding carboxylic acids is 2. The summed E-state index contributed by atoms with van der Waals surface area (Å²) < 4.78 is 43.4. The van der Waals surface area contributed by atoms with Crippen molar-refractivity contribution in [3.8, 4) is 6.07 Å². The molecular weight excluding hydrogens is 579 g/mol. The van der Waals surface area contributed by atoms with Gasteiger partial charge in [0.15, 0.2) is 5.13 Å². The molecule has 0 saturated carbocycles. The van der Waals surface area contributed by atoms with E-state index in [-0.39, 0.29) is 12.1 Å². The van der Waals surface area contributed by atoms with E-state index in [1.807, 2.05) is 18.0 Å². The molecule has 3 atom stereocenters. The van der Waals surface area contributed by atoms with Crippen LogP contribution in [-0.2, 0) is 9.59 Å². The SMILES string of the molecule is C[C@@H]1CN(c2cc(F)c(C3=CCCN(c4ncc(C#N)s4)CC3)cc2NC(=O)C2C=NC(=O)C=C2C(F)F)C[C@H](C)N1C. The lowest BCUT2D eigenvalue weighted by Crippen LogP contribution is -2.55. The second-order valence-electron chi connectivity index (χ2n) is 11.0. The van der Waals surface area contributed by atoms with Crippen LogP contribution in [0.5, 0.6) is 0 Å². The molecular formula is C30H32F3N7O2S. The molecule has 9 nitrogen and oxygen atoms in total. The van der Waals surface area contributed by atoms with Crippen molar-refractivity contribution >= 4 is 51.4 Å². The normalized spacial score (nSPS) is 23.1. The number of rotatable bonds is 6. The van der Waals surface area contributed by atoms with E-state index in [1.54, 1.807) is 6.07 Å². The van der Waals surface area contributed by atoms with Crippen molar-refractivity contribution in [2.24, 2.45) is 10.9 Å². The minimum Gasteiger partial charge on any atom is -0.367 e. The van der Waals surface area contributed by atoms with Gasteiger partial charge < -0.3 is 15.1 Å². The third kappa shape index (κ3) is 6.50. The van der Waals surface area contributed by atoms with E-state index in [1.165, 1.54) is 23.6 Å². The van der Waals surface area contributed by atoms with Crippen LogP contribution in [-0.4, -0.2) is 79.6 Å². The summed E-state index contributed by atoms with van der Waals surface area (Å²) in [6.45, 7) is 6.46. The molecule has 1 aromatic heterocycles. The second-order valence-corrected chi connectivity index (χ2v) is 12.0. The molecule has 226 valence electrons. The van der Waals surface area contributed by atoms with Crippen molar-refractivity contribution < 1.29 is 22.8 Å². The number of thiazole rings is 1. The minimum atomic E-state index is -3.02. The number of carbonyl (C=O) groups is 2. The van der Waals surface area contributed by atoms with Crippen molar-refractivity contribution in [2.75, 3.05) is 48.3 Å². The van der Waals surface area contributed by atoms with Crippen LogP contribution in [0.25, 0.3) is 5.57 Å². The fraction of sp³-hybridized carbons (Fsp3) is 0.433. The lowest BCUT2D eigenvalue weighted by molar-refractivity contribution is -0.117. The predicted octanol–water partition coefficient (Wildman–Crippen LogP) is 4.72. The topological polar surface area (TPSA) is 105 Å². The van der Waals surface area contributed by atoms with Gasteiger partial charge in [0, 0.05) is 61.7 Å². The van der Waals surface area contributed by atoms with E-state index in [9.17, 15) is 18.4 Å². The van der Waals surface area contributed by atoms with Crippen LogP contribution in [0.3, 0.4) is 0 Å². The molecule has 3 aliphatic rings. The van der Waals surface area contributed by atoms with Gasteiger partial charge in [-0.05, 0) is 51.4 Å². The van der Waals surface area contributed by atoms with Gasteiger partial charge in [-0.15, -0.1) is 0 Å². The highest BCUT2D eigenvalue weighted by Gasteiger charge is 2.33. The van der Waals surface area contributed by atoms with Crippen LogP contribution in [0.2, 0.25) is 0 Å². The molecule has 1 unspecified atom stereocenters. The lowest BCUT2D eigenvalue weighted by atomic mass is 9.96. The number of hydrogen-bond donors (Lipinski definition) is 1. The van der Waals surface area contributed by atoms with Crippen LogP contribution >= 0.6 is 11.3 Å². The lowest BCUT2D eigenvalue weighted by Gasteiger charge is -2.44. The predicted molar refractivity (Wildman–Crippen MR) is 161 cm³/mol. The van der Waals surface area contributed by atoms with Crippen LogP contribution in [0.15, 0.2) is 41.0 Å². The Balaban J connectivity index is 1.47. The molecule has 2 aromatic rings. The number of amides is 2. The molecule has 4 heterocycles. The van der Waals surface area contributed by atoms with Crippen LogP contribution < -0.4 is 15.1 Å². The molecule has 0 bridgehead atoms. The molecule has 0 radical (unpaired) electrons. The maximum absolute atomic E-state index is 15.9. The van der Waals surface area contributed by atoms with Crippen molar-refractivity contribution in [1.82, 2.24) is 9.88 Å². The highest BCUT2D eigenvalue weighted by molar-refractivity contribution is 7.16. The van der Waals surface area contributed by atoms with Crippen LogP contribution in [0.4, 0.5) is 29.7 Å². The number of alkyl halides is 2. The van der Waals surface area contributed by atoms with E-state index in [0.717, 1.165) is 16.9 Å². The third-order valence-electron chi connectivity index (χ3n) is 8.24. The van der Waals surface area contributed by atoms with Gasteiger partial charge in [-0.25, -0.2) is 23.1 Å². The summed E-state index contributed by atoms with van der Waals surface area (Å²) in [5.74, 6) is -3.52. The Morgan fingerprint density at radius 2 is 1.93 bits per heavy atom. The minimum absolute atomic E-state index is 0.142. The van der Waals surface area contributed by atoms with Crippen molar-refractivity contribution in [2.45, 2.75) is 45.2 Å². The first kappa shape index (κ1) is 30.4. The van der Waals surface area contributed by atoms with E-state index < -0.39 is 35.5 Å². The number of aliphatic imine (C=N–C) groups is 1. The Morgan fingerprint density at radius 1 is 1.19 bits per heavy atom. The maximum Gasteiger partial charge on any atom is 0.269 e. The number of dihydropyridines is 1. The highest BCUT2D eigenvalue weighted by Crippen LogP contribution is 2.37. The second kappa shape index (κ2) is 12.7. The number of likely N-dealkylation sites (N-methyl/N-ethyl adjacent to an activating group) is 1. The quantitative estimate of drug-likeness (QED) is 0.504. The fourth-order valence-corrected chi connectivity index (χ4v) is 6.43. The molecule has 43 heavy (non-hydrogen) atoms. The van der Waals surface area contributed by atoms with E-state index in [2.05, 4.69) is 45.0 Å². The summed E-state index contributed by atoms with van der Waals surface area (Å²) in [6, 6.07) is 5.36. The number of benzene rings is 1. The number of nitriles is 1. The zero-order chi connectivity index (χ0) is 30.8. The first-order chi connectivity index (χ1) is 20.5. The van der Waals surface area contributed by atoms with Gasteiger partial charge in [0.25, 0.3) is 12.3 Å². The summed E-state index contributed by atoms with van der Waals surface area (Å²) in [5, 5.41) is 12.7. The van der Waals surface area contributed by atoms with Gasteiger partial charge in [0.2, 0.25) is 5.91 Å². The molecule has 1 N–H and O–H groups in total. The summed E-state index contributed by atoms with van der Waals surface area (Å²) in [6.07, 6.45) is 3.21. The van der Waals surface area contributed by atoms with Gasteiger partial charge in [-0.2, -0.15) is 5.26 Å². The Bertz CT molecular complexity index is 1530. The Labute approximate surface area is 252 Å². The van der Waals surface area contributed by atoms with Gasteiger partial charge >= 0.3 is 0 Å². The molecule has 3 aliphatic heterocycles. The van der Waals surface area contributed by atoms with E-state index in [0.29, 0.717) is 66.9 Å². The fourth-order valence-electron chi connectivity index (χ4n) is 5.67. The van der Waals surface area contributed by atoms with Gasteiger partial charge in [-0.3, -0.25) is 14.5 Å². The van der Waals surface area contributed by atoms with Crippen LogP contribution in [0.1, 0.15) is 37.1 Å². The highest BCUT2D eigenvalue weighted by atomic mass is 32.1. The summed E-state index contributed by atoms with van der Waals surface area (Å²) in [5.41, 5.74) is 1.18. The smallest absolute Gasteiger partial charge is 0.269 e. The molecule has 5 rings (SSSR count). The largest absolute Gasteiger partial charge is 0.367 e. The third-order valence-corrected chi connectivity index (χ3v) is 9.20. The molecule has 0 aliphatic carbocycles. The van der Waals surface area contributed by atoms with Gasteiger partial charge in [-0.1, -0.05) is 17.4 Å². The number of hydrogen-bond acceptors (Lipinski definition) is 8. The van der Waals surface area contributed by atoms with Crippen molar-refractivity contribution in [1.29, 1.82) is 5.26 Å². The molecule has 1 aromatic carbocycles. The first-order valence-corrected chi connectivity index (χ1v) is 14.9. The Morgan fingerprint density at radius 3 is 2.60 bits per heavy atom. The first-order valence-electron chi connectivity index (χ1n) is 14.0. The number of nitrogens with zero attached hydrogens (tertiary/aromatic N) is 6. The Kier molecular flexibility index (Phi) is 8.98. The average Bonchev–Trinajstić information content (AvgIpc) is 3.33. The number of halogens is 3. The zero-order valence-electron chi connectivity index (χ0n) is 24.1. The van der Waals surface area contributed by atoms with E-state index >= 15 is 4.39 Å². The summed E-state index contributed by atoms with van der Waals surface area (Å²) in [7, 11) is 2.02. The maximum atomic E-state index is 15.9. The van der Waals surface area contributed by atoms with E-state index in [4.69, 9.17) is 5.26 Å². The van der Waals surface area contributed by atoms with Gasteiger partial charge in [0.1, 0.15) is 22.7 Å². The molecule has 1 fully saturated rings. The number of aromatic nitrogens is 1. The molecule has 0 spiro atoms. The molecule has 13 heteroatoms. The summed E-state index contributed by atoms with van der Waals surface area (Å²) in [4.78, 5) is 39.7. The standard InChI is InChI=1S/C30H32F3N7O2S/c1-17-15-40(16-18(2)38(17)3)26-11-24(31)21(19-5-4-7-39(8-6-19)30-36-13-20(12-34)43-30)9-25(26)37-29(42)23-14-35-27(41)10-22(23)28(32)33/h5,9-11,13-14,17-18,23,28H,4,6-8,15-16H2,1-3H3,(H,37,42)/t17-,18+,23?. The number of nitrogens with one attached hydrogen (secondary N) is 1. The van der Waals surface area contributed by atoms with Crippen LogP contribution in [0, 0.1) is 23.1 Å². The Hall–Kier alpha value is -4.02.